The Hall–Kier alpha value is -2.57. The van der Waals surface area contributed by atoms with Crippen molar-refractivity contribution < 1.29 is 23.1 Å². The number of aromatic nitrogens is 1. The molecule has 0 radical (unpaired) electrons. The summed E-state index contributed by atoms with van der Waals surface area (Å²) in [6.45, 7) is -0.0978. The molecule has 0 aliphatic rings. The molecule has 1 heterocycles. The molecule has 0 saturated heterocycles. The van der Waals surface area contributed by atoms with Gasteiger partial charge in [-0.25, -0.2) is 4.79 Å². The highest BCUT2D eigenvalue weighted by molar-refractivity contribution is 5.68. The van der Waals surface area contributed by atoms with E-state index in [1.165, 1.54) is 12.3 Å². The Balaban J connectivity index is 2.48. The topological polar surface area (TPSA) is 62.2 Å². The first-order valence-electron chi connectivity index (χ1n) is 5.96. The Labute approximate surface area is 118 Å². The zero-order valence-corrected chi connectivity index (χ0v) is 10.7. The summed E-state index contributed by atoms with van der Waals surface area (Å²) < 4.78 is 38.4. The molecule has 7 heteroatoms. The van der Waals surface area contributed by atoms with Crippen molar-refractivity contribution in [3.05, 3.63) is 53.7 Å². The summed E-state index contributed by atoms with van der Waals surface area (Å²) in [6.07, 6.45) is -4.26. The molecule has 2 rings (SSSR count). The number of amides is 1. The first-order chi connectivity index (χ1) is 9.88. The first kappa shape index (κ1) is 14.8. The van der Waals surface area contributed by atoms with Gasteiger partial charge < -0.3 is 10.4 Å². The number of alkyl halides is 3. The van der Waals surface area contributed by atoms with E-state index in [0.717, 1.165) is 12.1 Å². The molecule has 1 amide bonds. The highest BCUT2D eigenvalue weighted by Gasteiger charge is 2.31. The van der Waals surface area contributed by atoms with Crippen molar-refractivity contribution in [3.8, 4) is 11.3 Å². The first-order valence-corrected chi connectivity index (χ1v) is 5.96. The van der Waals surface area contributed by atoms with E-state index >= 15 is 0 Å². The molecule has 110 valence electrons. The molecule has 2 N–H and O–H groups in total. The van der Waals surface area contributed by atoms with Gasteiger partial charge in [0.2, 0.25) is 0 Å². The molecule has 2 aromatic rings. The molecule has 0 spiro atoms. The molecule has 21 heavy (non-hydrogen) atoms. The van der Waals surface area contributed by atoms with Crippen molar-refractivity contribution in [3.63, 3.8) is 0 Å². The Morgan fingerprint density at radius 1 is 1.24 bits per heavy atom. The van der Waals surface area contributed by atoms with Gasteiger partial charge in [-0.3, -0.25) is 4.98 Å². The summed E-state index contributed by atoms with van der Waals surface area (Å²) in [7, 11) is 0. The molecule has 1 aromatic heterocycles. The van der Waals surface area contributed by atoms with Gasteiger partial charge in [-0.15, -0.1) is 0 Å². The summed E-state index contributed by atoms with van der Waals surface area (Å²) in [5, 5.41) is 10.8. The Morgan fingerprint density at radius 2 is 2.00 bits per heavy atom. The van der Waals surface area contributed by atoms with Gasteiger partial charge in [0.25, 0.3) is 0 Å². The van der Waals surface area contributed by atoms with E-state index in [1.807, 2.05) is 0 Å². The zero-order valence-electron chi connectivity index (χ0n) is 10.7. The predicted molar refractivity (Wildman–Crippen MR) is 69.5 cm³/mol. The number of hydrogen-bond acceptors (Lipinski definition) is 2. The number of nitrogens with zero attached hydrogens (tertiary/aromatic N) is 1. The lowest BCUT2D eigenvalue weighted by Gasteiger charge is -2.13. The summed E-state index contributed by atoms with van der Waals surface area (Å²) in [5.74, 6) is 0. The van der Waals surface area contributed by atoms with Gasteiger partial charge >= 0.3 is 12.3 Å². The van der Waals surface area contributed by atoms with Crippen LogP contribution >= 0.6 is 0 Å². The van der Waals surface area contributed by atoms with Crippen molar-refractivity contribution in [1.29, 1.82) is 0 Å². The van der Waals surface area contributed by atoms with Gasteiger partial charge in [-0.1, -0.05) is 12.1 Å². The summed E-state index contributed by atoms with van der Waals surface area (Å²) >= 11 is 0. The third kappa shape index (κ3) is 3.71. The summed E-state index contributed by atoms with van der Waals surface area (Å²) in [4.78, 5) is 14.6. The second-order valence-electron chi connectivity index (χ2n) is 4.24. The number of hydrogen-bond donors (Lipinski definition) is 2. The normalized spacial score (nSPS) is 11.2. The minimum absolute atomic E-state index is 0.0978. The summed E-state index contributed by atoms with van der Waals surface area (Å²) in [6, 6.07) is 8.01. The molecule has 0 unspecified atom stereocenters. The minimum Gasteiger partial charge on any atom is -0.465 e. The highest BCUT2D eigenvalue weighted by Crippen LogP contribution is 2.33. The van der Waals surface area contributed by atoms with Crippen LogP contribution in [0.25, 0.3) is 11.3 Å². The van der Waals surface area contributed by atoms with Crippen molar-refractivity contribution in [2.24, 2.45) is 0 Å². The number of rotatable bonds is 3. The van der Waals surface area contributed by atoms with Crippen LogP contribution in [-0.4, -0.2) is 16.2 Å². The van der Waals surface area contributed by atoms with Crippen LogP contribution in [0.1, 0.15) is 11.1 Å². The minimum atomic E-state index is -4.47. The number of carbonyl (C=O) groups is 1. The standard InChI is InChI=1S/C14H11F3N2O2/c15-14(16,17)10-5-4-9(8-19-13(20)21)11(7-10)12-3-1-2-6-18-12/h1-7,19H,8H2,(H,20,21). The lowest BCUT2D eigenvalue weighted by Crippen LogP contribution is -2.20. The van der Waals surface area contributed by atoms with Gasteiger partial charge in [0, 0.05) is 18.3 Å². The van der Waals surface area contributed by atoms with Crippen LogP contribution < -0.4 is 5.32 Å². The van der Waals surface area contributed by atoms with Crippen LogP contribution in [0, 0.1) is 0 Å². The van der Waals surface area contributed by atoms with Crippen molar-refractivity contribution in [2.45, 2.75) is 12.7 Å². The van der Waals surface area contributed by atoms with E-state index in [0.29, 0.717) is 11.3 Å². The second-order valence-corrected chi connectivity index (χ2v) is 4.24. The van der Waals surface area contributed by atoms with Gasteiger partial charge in [0.1, 0.15) is 0 Å². The highest BCUT2D eigenvalue weighted by atomic mass is 19.4. The Kier molecular flexibility index (Phi) is 4.11. The lowest BCUT2D eigenvalue weighted by atomic mass is 10.0. The maximum absolute atomic E-state index is 12.8. The van der Waals surface area contributed by atoms with Crippen LogP contribution in [0.3, 0.4) is 0 Å². The van der Waals surface area contributed by atoms with E-state index in [2.05, 4.69) is 10.3 Å². The smallest absolute Gasteiger partial charge is 0.416 e. The van der Waals surface area contributed by atoms with Crippen molar-refractivity contribution in [2.75, 3.05) is 0 Å². The quantitative estimate of drug-likeness (QED) is 0.910. The van der Waals surface area contributed by atoms with Crippen molar-refractivity contribution in [1.82, 2.24) is 10.3 Å². The number of carboxylic acid groups (broad SMARTS) is 1. The second kappa shape index (κ2) is 5.82. The van der Waals surface area contributed by atoms with Crippen LogP contribution in [0.2, 0.25) is 0 Å². The van der Waals surface area contributed by atoms with Crippen molar-refractivity contribution >= 4 is 6.09 Å². The predicted octanol–water partition coefficient (Wildman–Crippen LogP) is 3.54. The summed E-state index contributed by atoms with van der Waals surface area (Å²) in [5.41, 5.74) is 0.219. The Morgan fingerprint density at radius 3 is 2.57 bits per heavy atom. The van der Waals surface area contributed by atoms with E-state index in [-0.39, 0.29) is 12.1 Å². The molecular formula is C14H11F3N2O2. The molecule has 0 aliphatic heterocycles. The number of benzene rings is 1. The van der Waals surface area contributed by atoms with Gasteiger partial charge in [0.05, 0.1) is 11.3 Å². The lowest BCUT2D eigenvalue weighted by molar-refractivity contribution is -0.137. The van der Waals surface area contributed by atoms with Crippen LogP contribution in [-0.2, 0) is 12.7 Å². The van der Waals surface area contributed by atoms with Crippen LogP contribution in [0.4, 0.5) is 18.0 Å². The maximum atomic E-state index is 12.8. The fraction of sp³-hybridized carbons (Fsp3) is 0.143. The van der Waals surface area contributed by atoms with Crippen LogP contribution in [0.5, 0.6) is 0 Å². The van der Waals surface area contributed by atoms with E-state index in [4.69, 9.17) is 5.11 Å². The number of nitrogens with one attached hydrogen (secondary N) is 1. The molecular weight excluding hydrogens is 285 g/mol. The molecule has 0 aliphatic carbocycles. The zero-order chi connectivity index (χ0) is 15.5. The third-order valence-corrected chi connectivity index (χ3v) is 2.81. The fourth-order valence-corrected chi connectivity index (χ4v) is 1.84. The molecule has 4 nitrogen and oxygen atoms in total. The average molecular weight is 296 g/mol. The number of halogens is 3. The van der Waals surface area contributed by atoms with Crippen LogP contribution in [0.15, 0.2) is 42.6 Å². The van der Waals surface area contributed by atoms with E-state index in [9.17, 15) is 18.0 Å². The third-order valence-electron chi connectivity index (χ3n) is 2.81. The Bertz CT molecular complexity index is 642. The van der Waals surface area contributed by atoms with E-state index < -0.39 is 17.8 Å². The van der Waals surface area contributed by atoms with Gasteiger partial charge in [-0.2, -0.15) is 13.2 Å². The number of pyridine rings is 1. The van der Waals surface area contributed by atoms with Gasteiger partial charge in [-0.05, 0) is 29.8 Å². The monoisotopic (exact) mass is 296 g/mol. The molecule has 0 fully saturated rings. The molecule has 0 bridgehead atoms. The maximum Gasteiger partial charge on any atom is 0.416 e. The fourth-order valence-electron chi connectivity index (χ4n) is 1.84. The average Bonchev–Trinajstić information content (AvgIpc) is 2.45. The molecule has 1 aromatic carbocycles. The molecule has 0 saturated carbocycles. The largest absolute Gasteiger partial charge is 0.465 e. The SMILES string of the molecule is O=C(O)NCc1ccc(C(F)(F)F)cc1-c1ccccn1. The molecule has 0 atom stereocenters. The van der Waals surface area contributed by atoms with E-state index in [1.54, 1.807) is 18.2 Å². The van der Waals surface area contributed by atoms with Gasteiger partial charge in [0.15, 0.2) is 0 Å².